The van der Waals surface area contributed by atoms with E-state index >= 15 is 0 Å². The van der Waals surface area contributed by atoms with Crippen molar-refractivity contribution in [2.45, 2.75) is 71.1 Å². The predicted octanol–water partition coefficient (Wildman–Crippen LogP) is 2.90. The maximum absolute atomic E-state index is 12.5. The van der Waals surface area contributed by atoms with Crippen LogP contribution in [0.15, 0.2) is 11.6 Å². The van der Waals surface area contributed by atoms with Crippen molar-refractivity contribution in [1.29, 1.82) is 0 Å². The first-order valence-corrected chi connectivity index (χ1v) is 10.8. The fourth-order valence-electron chi connectivity index (χ4n) is 3.61. The molecule has 0 bridgehead atoms. The van der Waals surface area contributed by atoms with Crippen molar-refractivity contribution in [2.75, 3.05) is 26.2 Å². The molecule has 2 N–H and O–H groups in total. The van der Waals surface area contributed by atoms with Crippen molar-refractivity contribution in [1.82, 2.24) is 20.7 Å². The van der Waals surface area contributed by atoms with E-state index in [9.17, 15) is 9.59 Å². The number of carbonyl (C=O) groups excluding carboxylic acids is 2. The molecular weight excluding hydrogens is 360 g/mol. The van der Waals surface area contributed by atoms with Crippen LogP contribution in [0.5, 0.6) is 0 Å². The van der Waals surface area contributed by atoms with Crippen LogP contribution in [-0.2, 0) is 9.59 Å². The van der Waals surface area contributed by atoms with Gasteiger partial charge >= 0.3 is 0 Å². The highest BCUT2D eigenvalue weighted by atomic mass is 32.1. The SMILES string of the molecule is CC(=O)NCCCCCC(=O)N1CCCN1C(=S)NCCC1=CCCCC1. The first kappa shape index (κ1) is 21.7. The first-order valence-electron chi connectivity index (χ1n) is 10.4. The van der Waals surface area contributed by atoms with E-state index in [0.717, 1.165) is 51.7 Å². The Hall–Kier alpha value is -1.63. The zero-order valence-corrected chi connectivity index (χ0v) is 17.4. The van der Waals surface area contributed by atoms with Gasteiger partial charge in [-0.15, -0.1) is 0 Å². The van der Waals surface area contributed by atoms with E-state index in [1.165, 1.54) is 38.2 Å². The van der Waals surface area contributed by atoms with Crippen molar-refractivity contribution >= 4 is 29.1 Å². The summed E-state index contributed by atoms with van der Waals surface area (Å²) < 4.78 is 0. The number of hydrogen-bond donors (Lipinski definition) is 2. The number of nitrogens with zero attached hydrogens (tertiary/aromatic N) is 2. The molecule has 1 saturated heterocycles. The molecule has 0 atom stereocenters. The topological polar surface area (TPSA) is 64.7 Å². The van der Waals surface area contributed by atoms with Crippen LogP contribution in [0.1, 0.15) is 71.1 Å². The van der Waals surface area contributed by atoms with Crippen LogP contribution in [0, 0.1) is 0 Å². The van der Waals surface area contributed by atoms with Crippen LogP contribution in [0.4, 0.5) is 0 Å². The second kappa shape index (κ2) is 12.0. The number of unbranched alkanes of at least 4 members (excludes halogenated alkanes) is 2. The molecule has 0 aromatic rings. The predicted molar refractivity (Wildman–Crippen MR) is 112 cm³/mol. The lowest BCUT2D eigenvalue weighted by Crippen LogP contribution is -2.49. The second-order valence-electron chi connectivity index (χ2n) is 7.38. The van der Waals surface area contributed by atoms with Gasteiger partial charge in [0.1, 0.15) is 0 Å². The lowest BCUT2D eigenvalue weighted by Gasteiger charge is -2.30. The normalized spacial score (nSPS) is 16.9. The number of carbonyl (C=O) groups is 2. The number of hydrogen-bond acceptors (Lipinski definition) is 3. The van der Waals surface area contributed by atoms with Gasteiger partial charge < -0.3 is 10.6 Å². The lowest BCUT2D eigenvalue weighted by molar-refractivity contribution is -0.139. The van der Waals surface area contributed by atoms with Gasteiger partial charge in [-0.2, -0.15) is 0 Å². The average molecular weight is 395 g/mol. The van der Waals surface area contributed by atoms with E-state index in [4.69, 9.17) is 12.2 Å². The highest BCUT2D eigenvalue weighted by molar-refractivity contribution is 7.80. The monoisotopic (exact) mass is 394 g/mol. The summed E-state index contributed by atoms with van der Waals surface area (Å²) >= 11 is 5.53. The largest absolute Gasteiger partial charge is 0.361 e. The Labute approximate surface area is 168 Å². The Kier molecular flexibility index (Phi) is 9.59. The molecule has 27 heavy (non-hydrogen) atoms. The Morgan fingerprint density at radius 1 is 1.04 bits per heavy atom. The lowest BCUT2D eigenvalue weighted by atomic mass is 9.97. The molecule has 152 valence electrons. The molecule has 2 rings (SSSR count). The molecule has 2 aliphatic rings. The third kappa shape index (κ3) is 7.87. The molecule has 1 aliphatic heterocycles. The minimum atomic E-state index is -0.000394. The molecule has 0 spiro atoms. The van der Waals surface area contributed by atoms with Gasteiger partial charge in [0.25, 0.3) is 0 Å². The summed E-state index contributed by atoms with van der Waals surface area (Å²) in [5, 5.41) is 10.5. The first-order chi connectivity index (χ1) is 13.1. The van der Waals surface area contributed by atoms with E-state index in [2.05, 4.69) is 16.7 Å². The summed E-state index contributed by atoms with van der Waals surface area (Å²) in [6.07, 6.45) is 12.6. The third-order valence-electron chi connectivity index (χ3n) is 5.10. The molecule has 6 nitrogen and oxygen atoms in total. The van der Waals surface area contributed by atoms with E-state index in [-0.39, 0.29) is 11.8 Å². The molecule has 0 aromatic heterocycles. The van der Waals surface area contributed by atoms with E-state index < -0.39 is 0 Å². The van der Waals surface area contributed by atoms with Gasteiger partial charge in [-0.25, -0.2) is 0 Å². The Morgan fingerprint density at radius 3 is 2.59 bits per heavy atom. The smallest absolute Gasteiger partial charge is 0.241 e. The molecule has 7 heteroatoms. The number of amides is 2. The molecule has 1 fully saturated rings. The van der Waals surface area contributed by atoms with Crippen molar-refractivity contribution in [3.8, 4) is 0 Å². The highest BCUT2D eigenvalue weighted by Crippen LogP contribution is 2.19. The van der Waals surface area contributed by atoms with Crippen LogP contribution < -0.4 is 10.6 Å². The van der Waals surface area contributed by atoms with Crippen molar-refractivity contribution in [2.24, 2.45) is 0 Å². The molecule has 0 unspecified atom stereocenters. The fraction of sp³-hybridized carbons (Fsp3) is 0.750. The molecule has 1 aliphatic carbocycles. The van der Waals surface area contributed by atoms with Gasteiger partial charge in [-0.3, -0.25) is 19.6 Å². The van der Waals surface area contributed by atoms with Crippen LogP contribution >= 0.6 is 12.2 Å². The minimum absolute atomic E-state index is 0.000394. The van der Waals surface area contributed by atoms with Crippen LogP contribution in [0.3, 0.4) is 0 Å². The van der Waals surface area contributed by atoms with Gasteiger partial charge in [0.15, 0.2) is 5.11 Å². The van der Waals surface area contributed by atoms with Crippen LogP contribution in [0.2, 0.25) is 0 Å². The Morgan fingerprint density at radius 2 is 1.85 bits per heavy atom. The standard InChI is InChI=1S/C20H34N4O2S/c1-17(25)21-13-7-3-6-11-19(26)23-15-8-16-24(23)20(27)22-14-12-18-9-4-2-5-10-18/h9H,2-8,10-16H2,1H3,(H,21,25)(H,22,27). The summed E-state index contributed by atoms with van der Waals surface area (Å²) in [7, 11) is 0. The minimum Gasteiger partial charge on any atom is -0.361 e. The van der Waals surface area contributed by atoms with Gasteiger partial charge in [-0.05, 0) is 63.6 Å². The quantitative estimate of drug-likeness (QED) is 0.358. The summed E-state index contributed by atoms with van der Waals surface area (Å²) in [6, 6.07) is 0. The third-order valence-corrected chi connectivity index (χ3v) is 5.46. The Bertz CT molecular complexity index is 550. The zero-order chi connectivity index (χ0) is 19.5. The van der Waals surface area contributed by atoms with Crippen molar-refractivity contribution in [3.05, 3.63) is 11.6 Å². The zero-order valence-electron chi connectivity index (χ0n) is 16.6. The van der Waals surface area contributed by atoms with Gasteiger partial charge in [-0.1, -0.05) is 18.1 Å². The maximum atomic E-state index is 12.5. The molecular formula is C20H34N4O2S. The van der Waals surface area contributed by atoms with Crippen molar-refractivity contribution < 1.29 is 9.59 Å². The van der Waals surface area contributed by atoms with E-state index in [1.54, 1.807) is 0 Å². The molecule has 1 heterocycles. The Balaban J connectivity index is 1.65. The number of thiocarbonyl (C=S) groups is 1. The molecule has 2 amide bonds. The maximum Gasteiger partial charge on any atom is 0.241 e. The van der Waals surface area contributed by atoms with Crippen molar-refractivity contribution in [3.63, 3.8) is 0 Å². The number of allylic oxidation sites excluding steroid dienone is 1. The second-order valence-corrected chi connectivity index (χ2v) is 7.76. The summed E-state index contributed by atoms with van der Waals surface area (Å²) in [5.74, 6) is 0.144. The van der Waals surface area contributed by atoms with Gasteiger partial charge in [0, 0.05) is 39.5 Å². The summed E-state index contributed by atoms with van der Waals surface area (Å²) in [5.41, 5.74) is 1.53. The van der Waals surface area contributed by atoms with Gasteiger partial charge in [0.05, 0.1) is 0 Å². The molecule has 0 radical (unpaired) electrons. The fourth-order valence-corrected chi connectivity index (χ4v) is 3.90. The molecule has 0 saturated carbocycles. The van der Waals surface area contributed by atoms with Gasteiger partial charge in [0.2, 0.25) is 11.8 Å². The summed E-state index contributed by atoms with van der Waals surface area (Å²) in [4.78, 5) is 23.4. The number of rotatable bonds is 9. The summed E-state index contributed by atoms with van der Waals surface area (Å²) in [6.45, 7) is 4.60. The van der Waals surface area contributed by atoms with Crippen LogP contribution in [-0.4, -0.2) is 53.1 Å². The number of nitrogens with one attached hydrogen (secondary N) is 2. The highest BCUT2D eigenvalue weighted by Gasteiger charge is 2.28. The number of hydrazine groups is 1. The van der Waals surface area contributed by atoms with Crippen LogP contribution in [0.25, 0.3) is 0 Å². The molecule has 0 aromatic carbocycles. The average Bonchev–Trinajstić information content (AvgIpc) is 3.15. The van der Waals surface area contributed by atoms with E-state index in [1.807, 2.05) is 10.0 Å². The van der Waals surface area contributed by atoms with E-state index in [0.29, 0.717) is 18.1 Å².